The number of para-hydroxylation sites is 1. The average molecular weight is 380 g/mol. The van der Waals surface area contributed by atoms with Gasteiger partial charge in [0.1, 0.15) is 23.4 Å². The van der Waals surface area contributed by atoms with E-state index in [-0.39, 0.29) is 29.6 Å². The van der Waals surface area contributed by atoms with Crippen LogP contribution in [0.1, 0.15) is 11.8 Å². The maximum atomic E-state index is 12.7. The van der Waals surface area contributed by atoms with Gasteiger partial charge in [0.2, 0.25) is 11.5 Å². The molecule has 4 rings (SSSR count). The molecule has 0 saturated heterocycles. The first-order valence-corrected chi connectivity index (χ1v) is 8.88. The Hall–Kier alpha value is -3.39. The molecule has 0 saturated carbocycles. The second-order valence-corrected chi connectivity index (χ2v) is 6.75. The van der Waals surface area contributed by atoms with Crippen molar-refractivity contribution in [1.29, 1.82) is 0 Å². The summed E-state index contributed by atoms with van der Waals surface area (Å²) in [6.07, 6.45) is 2.98. The molecular formula is C20H20N4O4. The van der Waals surface area contributed by atoms with Gasteiger partial charge in [-0.2, -0.15) is 0 Å². The molecule has 0 bridgehead atoms. The van der Waals surface area contributed by atoms with Crippen molar-refractivity contribution in [3.63, 3.8) is 0 Å². The Morgan fingerprint density at radius 3 is 2.82 bits per heavy atom. The first kappa shape index (κ1) is 18.0. The van der Waals surface area contributed by atoms with Crippen LogP contribution in [0.5, 0.6) is 0 Å². The van der Waals surface area contributed by atoms with Crippen LogP contribution in [0.25, 0.3) is 22.1 Å². The van der Waals surface area contributed by atoms with E-state index in [1.807, 2.05) is 43.3 Å². The number of hydrogen-bond donors (Lipinski definition) is 1. The summed E-state index contributed by atoms with van der Waals surface area (Å²) >= 11 is 0. The van der Waals surface area contributed by atoms with E-state index in [1.165, 1.54) is 10.9 Å². The number of benzene rings is 1. The topological polar surface area (TPSA) is 93.5 Å². The molecule has 1 aromatic carbocycles. The van der Waals surface area contributed by atoms with Gasteiger partial charge in [-0.1, -0.05) is 12.1 Å². The quantitative estimate of drug-likeness (QED) is 0.551. The van der Waals surface area contributed by atoms with Gasteiger partial charge >= 0.3 is 0 Å². The number of amides is 1. The molecule has 144 valence electrons. The number of rotatable bonds is 6. The predicted molar refractivity (Wildman–Crippen MR) is 104 cm³/mol. The molecule has 3 aromatic heterocycles. The van der Waals surface area contributed by atoms with Gasteiger partial charge in [-0.15, -0.1) is 0 Å². The highest BCUT2D eigenvalue weighted by Gasteiger charge is 2.19. The Morgan fingerprint density at radius 1 is 1.25 bits per heavy atom. The number of likely N-dealkylation sites (N-methyl/N-ethyl adjacent to an activating group) is 1. The Bertz CT molecular complexity index is 1170. The number of carbonyl (C=O) groups is 1. The lowest BCUT2D eigenvalue weighted by atomic mass is 10.2. The van der Waals surface area contributed by atoms with Gasteiger partial charge < -0.3 is 14.2 Å². The van der Waals surface area contributed by atoms with E-state index in [1.54, 1.807) is 18.4 Å². The third kappa shape index (κ3) is 3.29. The van der Waals surface area contributed by atoms with Crippen LogP contribution in [0, 0.1) is 0 Å². The molecule has 1 amide bonds. The van der Waals surface area contributed by atoms with Crippen LogP contribution in [0.2, 0.25) is 0 Å². The summed E-state index contributed by atoms with van der Waals surface area (Å²) in [4.78, 5) is 31.3. The van der Waals surface area contributed by atoms with E-state index >= 15 is 0 Å². The molecule has 1 N–H and O–H groups in total. The first-order valence-electron chi connectivity index (χ1n) is 8.88. The second kappa shape index (κ2) is 7.32. The van der Waals surface area contributed by atoms with E-state index in [9.17, 15) is 9.59 Å². The SMILES string of the molecule is CN(C)C(CNC(=O)Cn1cnc2c(oc3ccccc32)c1=O)c1ccco1. The fourth-order valence-corrected chi connectivity index (χ4v) is 3.17. The van der Waals surface area contributed by atoms with Crippen LogP contribution in [0.3, 0.4) is 0 Å². The van der Waals surface area contributed by atoms with Crippen molar-refractivity contribution >= 4 is 28.0 Å². The maximum absolute atomic E-state index is 12.7. The average Bonchev–Trinajstić information content (AvgIpc) is 3.32. The molecule has 0 fully saturated rings. The van der Waals surface area contributed by atoms with Gasteiger partial charge in [-0.05, 0) is 38.4 Å². The van der Waals surface area contributed by atoms with Crippen molar-refractivity contribution in [1.82, 2.24) is 19.8 Å². The molecule has 0 aliphatic carbocycles. The molecule has 0 aliphatic rings. The second-order valence-electron chi connectivity index (χ2n) is 6.75. The van der Waals surface area contributed by atoms with Crippen LogP contribution in [0.15, 0.2) is 62.6 Å². The number of nitrogens with zero attached hydrogens (tertiary/aromatic N) is 3. The Balaban J connectivity index is 1.51. The highest BCUT2D eigenvalue weighted by Crippen LogP contribution is 2.24. The molecule has 0 spiro atoms. The van der Waals surface area contributed by atoms with Crippen molar-refractivity contribution in [3.8, 4) is 0 Å². The third-order valence-electron chi connectivity index (χ3n) is 4.65. The standard InChI is InChI=1S/C20H20N4O4/c1-23(2)14(16-8-5-9-27-16)10-21-17(25)11-24-12-22-18-13-6-3-4-7-15(13)28-19(18)20(24)26/h3-9,12,14H,10-11H2,1-2H3,(H,21,25). The van der Waals surface area contributed by atoms with Crippen LogP contribution in [-0.2, 0) is 11.3 Å². The lowest BCUT2D eigenvalue weighted by Crippen LogP contribution is -2.37. The summed E-state index contributed by atoms with van der Waals surface area (Å²) in [6, 6.07) is 10.9. The van der Waals surface area contributed by atoms with Crippen LogP contribution in [0.4, 0.5) is 0 Å². The Kier molecular flexibility index (Phi) is 4.70. The molecule has 1 unspecified atom stereocenters. The van der Waals surface area contributed by atoms with Crippen LogP contribution in [-0.4, -0.2) is 41.0 Å². The van der Waals surface area contributed by atoms with Gasteiger partial charge in [-0.3, -0.25) is 19.1 Å². The fraction of sp³-hybridized carbons (Fsp3) is 0.250. The first-order chi connectivity index (χ1) is 13.5. The predicted octanol–water partition coefficient (Wildman–Crippen LogP) is 2.15. The molecule has 28 heavy (non-hydrogen) atoms. The Morgan fingerprint density at radius 2 is 2.07 bits per heavy atom. The van der Waals surface area contributed by atoms with Gasteiger partial charge in [0.05, 0.1) is 18.6 Å². The van der Waals surface area contributed by atoms with Crippen molar-refractivity contribution in [2.45, 2.75) is 12.6 Å². The number of hydrogen-bond acceptors (Lipinski definition) is 6. The van der Waals surface area contributed by atoms with E-state index in [2.05, 4.69) is 10.3 Å². The van der Waals surface area contributed by atoms with Gasteiger partial charge in [0.25, 0.3) is 5.56 Å². The highest BCUT2D eigenvalue weighted by atomic mass is 16.3. The van der Waals surface area contributed by atoms with E-state index < -0.39 is 0 Å². The van der Waals surface area contributed by atoms with Crippen LogP contribution < -0.4 is 10.9 Å². The third-order valence-corrected chi connectivity index (χ3v) is 4.65. The molecule has 0 aliphatic heterocycles. The summed E-state index contributed by atoms with van der Waals surface area (Å²) in [5.41, 5.74) is 0.865. The number of nitrogens with one attached hydrogen (secondary N) is 1. The Labute approximate surface area is 160 Å². The maximum Gasteiger partial charge on any atom is 0.297 e. The zero-order valence-corrected chi connectivity index (χ0v) is 15.6. The molecule has 3 heterocycles. The van der Waals surface area contributed by atoms with Crippen molar-refractivity contribution in [2.75, 3.05) is 20.6 Å². The largest absolute Gasteiger partial charge is 0.468 e. The van der Waals surface area contributed by atoms with E-state index in [0.717, 1.165) is 11.1 Å². The number of fused-ring (bicyclic) bond motifs is 3. The fourth-order valence-electron chi connectivity index (χ4n) is 3.17. The smallest absolute Gasteiger partial charge is 0.297 e. The monoisotopic (exact) mass is 380 g/mol. The van der Waals surface area contributed by atoms with Gasteiger partial charge in [-0.25, -0.2) is 4.98 Å². The summed E-state index contributed by atoms with van der Waals surface area (Å²) < 4.78 is 12.3. The van der Waals surface area contributed by atoms with Crippen molar-refractivity contribution < 1.29 is 13.6 Å². The van der Waals surface area contributed by atoms with Crippen molar-refractivity contribution in [3.05, 3.63) is 65.1 Å². The highest BCUT2D eigenvalue weighted by molar-refractivity contribution is 6.01. The molecule has 8 heteroatoms. The minimum Gasteiger partial charge on any atom is -0.468 e. The summed E-state index contributed by atoms with van der Waals surface area (Å²) in [5.74, 6) is 0.464. The molecule has 4 aromatic rings. The minimum absolute atomic E-state index is 0.105. The minimum atomic E-state index is -0.383. The van der Waals surface area contributed by atoms with Crippen molar-refractivity contribution in [2.24, 2.45) is 0 Å². The van der Waals surface area contributed by atoms with E-state index in [4.69, 9.17) is 8.83 Å². The normalized spacial score (nSPS) is 12.7. The van der Waals surface area contributed by atoms with Gasteiger partial charge in [0, 0.05) is 11.9 Å². The number of furan rings is 2. The number of carbonyl (C=O) groups excluding carboxylic acids is 1. The summed E-state index contributed by atoms with van der Waals surface area (Å²) in [6.45, 7) is 0.214. The van der Waals surface area contributed by atoms with Crippen LogP contribution >= 0.6 is 0 Å². The zero-order valence-electron chi connectivity index (χ0n) is 15.6. The zero-order chi connectivity index (χ0) is 19.7. The molecule has 8 nitrogen and oxygen atoms in total. The summed E-state index contributed by atoms with van der Waals surface area (Å²) in [5, 5.41) is 3.62. The lowest BCUT2D eigenvalue weighted by Gasteiger charge is -2.22. The molecule has 0 radical (unpaired) electrons. The molecular weight excluding hydrogens is 360 g/mol. The van der Waals surface area contributed by atoms with E-state index in [0.29, 0.717) is 17.6 Å². The van der Waals surface area contributed by atoms with Gasteiger partial charge in [0.15, 0.2) is 0 Å². The number of aromatic nitrogens is 2. The summed E-state index contributed by atoms with van der Waals surface area (Å²) in [7, 11) is 3.81. The molecule has 1 atom stereocenters. The lowest BCUT2D eigenvalue weighted by molar-refractivity contribution is -0.122.